The zero-order valence-electron chi connectivity index (χ0n) is 14.1. The van der Waals surface area contributed by atoms with Crippen molar-refractivity contribution in [3.63, 3.8) is 0 Å². The predicted molar refractivity (Wildman–Crippen MR) is 92.6 cm³/mol. The maximum Gasteiger partial charge on any atom is 0.402 e. The van der Waals surface area contributed by atoms with Crippen LogP contribution in [0.3, 0.4) is 0 Å². The van der Waals surface area contributed by atoms with Gasteiger partial charge in [0.2, 0.25) is 15.8 Å². The van der Waals surface area contributed by atoms with Gasteiger partial charge >= 0.3 is 12.0 Å². The van der Waals surface area contributed by atoms with Crippen molar-refractivity contribution in [2.75, 3.05) is 30.8 Å². The zero-order valence-corrected chi connectivity index (χ0v) is 15.7. The van der Waals surface area contributed by atoms with E-state index in [-0.39, 0.29) is 37.6 Å². The van der Waals surface area contributed by atoms with Gasteiger partial charge in [-0.15, -0.1) is 0 Å². The van der Waals surface area contributed by atoms with E-state index in [1.54, 1.807) is 10.3 Å². The fourth-order valence-electron chi connectivity index (χ4n) is 3.20. The number of rotatable bonds is 5. The van der Waals surface area contributed by atoms with Crippen LogP contribution < -0.4 is 4.90 Å². The van der Waals surface area contributed by atoms with Crippen LogP contribution in [0.5, 0.6) is 0 Å². The number of aromatic nitrogens is 2. The van der Waals surface area contributed by atoms with Crippen LogP contribution in [0, 0.1) is 10.1 Å². The topological polar surface area (TPSA) is 101 Å². The Morgan fingerprint density at radius 3 is 2.56 bits per heavy atom. The summed E-state index contributed by atoms with van der Waals surface area (Å²) in [5.74, 6) is -0.0630. The van der Waals surface area contributed by atoms with Crippen molar-refractivity contribution in [2.45, 2.75) is 25.1 Å². The molecule has 150 valence electrons. The second-order valence-corrected chi connectivity index (χ2v) is 9.02. The van der Waals surface area contributed by atoms with E-state index in [1.807, 2.05) is 0 Å². The first-order valence-electron chi connectivity index (χ1n) is 7.86. The van der Waals surface area contributed by atoms with Gasteiger partial charge in [-0.25, -0.2) is 8.42 Å². The Bertz CT molecular complexity index is 947. The van der Waals surface area contributed by atoms with Crippen molar-refractivity contribution in [3.8, 4) is 0 Å². The average molecular weight is 427 g/mol. The Morgan fingerprint density at radius 1 is 1.41 bits per heavy atom. The second kappa shape index (κ2) is 6.91. The Kier molecular flexibility index (Phi) is 5.07. The van der Waals surface area contributed by atoms with Crippen LogP contribution in [0.1, 0.15) is 12.8 Å². The monoisotopic (exact) mass is 427 g/mol. The van der Waals surface area contributed by atoms with E-state index in [2.05, 4.69) is 4.98 Å². The van der Waals surface area contributed by atoms with Crippen LogP contribution in [-0.2, 0) is 10.0 Å². The number of halogens is 3. The third kappa shape index (κ3) is 4.16. The number of hydrogen-bond donors (Lipinski definition) is 0. The molecular weight excluding hydrogens is 411 g/mol. The third-order valence-electron chi connectivity index (χ3n) is 4.32. The largest absolute Gasteiger partial charge is 0.402 e. The van der Waals surface area contributed by atoms with Crippen LogP contribution in [0.4, 0.5) is 24.8 Å². The summed E-state index contributed by atoms with van der Waals surface area (Å²) in [5.41, 5.74) is 0. The van der Waals surface area contributed by atoms with Crippen molar-refractivity contribution in [3.05, 3.63) is 21.7 Å². The van der Waals surface area contributed by atoms with Crippen molar-refractivity contribution < 1.29 is 26.5 Å². The highest BCUT2D eigenvalue weighted by Gasteiger charge is 2.40. The van der Waals surface area contributed by atoms with Crippen LogP contribution in [0.25, 0.3) is 4.96 Å². The Hall–Kier alpha value is -1.93. The predicted octanol–water partition coefficient (Wildman–Crippen LogP) is 2.10. The van der Waals surface area contributed by atoms with Gasteiger partial charge in [0.1, 0.15) is 12.7 Å². The molecular formula is C13H16F3N5O4S2. The molecule has 14 heteroatoms. The molecule has 0 N–H and O–H groups in total. The number of anilines is 1. The van der Waals surface area contributed by atoms with E-state index in [4.69, 9.17) is 0 Å². The van der Waals surface area contributed by atoms with Gasteiger partial charge in [-0.05, 0) is 17.8 Å². The molecule has 1 aliphatic rings. The van der Waals surface area contributed by atoms with Gasteiger partial charge in [0.25, 0.3) is 4.96 Å². The molecule has 27 heavy (non-hydrogen) atoms. The van der Waals surface area contributed by atoms with Gasteiger partial charge < -0.3 is 15.0 Å². The molecule has 0 bridgehead atoms. The normalized spacial score (nSPS) is 17.1. The molecule has 0 atom stereocenters. The third-order valence-corrected chi connectivity index (χ3v) is 6.36. The quantitative estimate of drug-likeness (QED) is 0.535. The van der Waals surface area contributed by atoms with Crippen LogP contribution >= 0.6 is 11.3 Å². The Morgan fingerprint density at radius 2 is 2.04 bits per heavy atom. The Labute approximate surface area is 156 Å². The van der Waals surface area contributed by atoms with Crippen LogP contribution in [0.2, 0.25) is 0 Å². The standard InChI is InChI=1S/C13H16F3N5O4S2/c1-27(24,25)20(8-13(14,15)16)9-2-4-18(5-3-9)10-11(21(22)23)19-6-7-26-12(19)17-10/h6-7,9H,2-5,8H2,1H3. The van der Waals surface area contributed by atoms with Gasteiger partial charge in [-0.3, -0.25) is 0 Å². The highest BCUT2D eigenvalue weighted by Crippen LogP contribution is 2.34. The number of hydrogen-bond acceptors (Lipinski definition) is 7. The van der Waals surface area contributed by atoms with Gasteiger partial charge in [0.15, 0.2) is 0 Å². The van der Waals surface area contributed by atoms with Crippen molar-refractivity contribution >= 4 is 38.0 Å². The molecule has 0 aromatic carbocycles. The van der Waals surface area contributed by atoms with Crippen molar-refractivity contribution in [1.82, 2.24) is 13.7 Å². The molecule has 1 aliphatic heterocycles. The average Bonchev–Trinajstić information content (AvgIpc) is 3.11. The molecule has 0 unspecified atom stereocenters. The first-order chi connectivity index (χ1) is 12.5. The number of alkyl halides is 3. The van der Waals surface area contributed by atoms with E-state index < -0.39 is 33.7 Å². The van der Waals surface area contributed by atoms with E-state index in [9.17, 15) is 31.7 Å². The lowest BCUT2D eigenvalue weighted by Crippen LogP contribution is -2.50. The minimum Gasteiger partial charge on any atom is -0.358 e. The molecule has 1 saturated heterocycles. The summed E-state index contributed by atoms with van der Waals surface area (Å²) in [6.45, 7) is -1.21. The number of fused-ring (bicyclic) bond motifs is 1. The summed E-state index contributed by atoms with van der Waals surface area (Å²) in [6, 6.07) is -0.819. The van der Waals surface area contributed by atoms with Gasteiger partial charge in [0, 0.05) is 24.5 Å². The number of nitrogens with zero attached hydrogens (tertiary/aromatic N) is 5. The number of nitro groups is 1. The molecule has 1 fully saturated rings. The number of sulfonamides is 1. The van der Waals surface area contributed by atoms with E-state index >= 15 is 0 Å². The van der Waals surface area contributed by atoms with Crippen LogP contribution in [0.15, 0.2) is 11.6 Å². The summed E-state index contributed by atoms with van der Waals surface area (Å²) in [7, 11) is -4.04. The summed E-state index contributed by atoms with van der Waals surface area (Å²) in [5, 5.41) is 13.1. The maximum absolute atomic E-state index is 12.8. The SMILES string of the molecule is CS(=O)(=O)N(CC(F)(F)F)C1CCN(c2nc3sccn3c2[N+](=O)[O-])CC1. The summed E-state index contributed by atoms with van der Waals surface area (Å²) < 4.78 is 63.7. The molecule has 3 heterocycles. The van der Waals surface area contributed by atoms with E-state index in [0.29, 0.717) is 9.27 Å². The first kappa shape index (κ1) is 19.8. The molecule has 2 aromatic rings. The lowest BCUT2D eigenvalue weighted by molar-refractivity contribution is -0.389. The minimum atomic E-state index is -4.65. The summed E-state index contributed by atoms with van der Waals surface area (Å²) in [6.07, 6.45) is -2.14. The summed E-state index contributed by atoms with van der Waals surface area (Å²) >= 11 is 1.23. The molecule has 0 spiro atoms. The Balaban J connectivity index is 1.80. The molecule has 9 nitrogen and oxygen atoms in total. The van der Waals surface area contributed by atoms with Gasteiger partial charge in [-0.2, -0.15) is 26.9 Å². The highest BCUT2D eigenvalue weighted by molar-refractivity contribution is 7.88. The first-order valence-corrected chi connectivity index (χ1v) is 10.6. The van der Waals surface area contributed by atoms with Gasteiger partial charge in [0.05, 0.1) is 6.26 Å². The fourth-order valence-corrected chi connectivity index (χ4v) is 5.04. The molecule has 2 aromatic heterocycles. The molecule has 0 aliphatic carbocycles. The highest BCUT2D eigenvalue weighted by atomic mass is 32.2. The lowest BCUT2D eigenvalue weighted by Gasteiger charge is -2.37. The van der Waals surface area contributed by atoms with Crippen molar-refractivity contribution in [1.29, 1.82) is 0 Å². The number of imidazole rings is 1. The molecule has 0 radical (unpaired) electrons. The number of piperidine rings is 1. The van der Waals surface area contributed by atoms with E-state index in [1.165, 1.54) is 21.9 Å². The van der Waals surface area contributed by atoms with Crippen molar-refractivity contribution in [2.24, 2.45) is 0 Å². The minimum absolute atomic E-state index is 0.117. The van der Waals surface area contributed by atoms with E-state index in [0.717, 1.165) is 6.26 Å². The molecule has 0 saturated carbocycles. The zero-order chi connectivity index (χ0) is 20.0. The van der Waals surface area contributed by atoms with Gasteiger partial charge in [-0.1, -0.05) is 11.3 Å². The number of thiazole rings is 1. The molecule has 0 amide bonds. The molecule has 3 rings (SSSR count). The summed E-state index contributed by atoms with van der Waals surface area (Å²) in [4.78, 5) is 17.2. The van der Waals surface area contributed by atoms with Crippen LogP contribution in [-0.4, -0.2) is 65.1 Å². The lowest BCUT2D eigenvalue weighted by atomic mass is 10.1. The second-order valence-electron chi connectivity index (χ2n) is 6.21. The maximum atomic E-state index is 12.8. The smallest absolute Gasteiger partial charge is 0.358 e. The fraction of sp³-hybridized carbons (Fsp3) is 0.615.